The van der Waals surface area contributed by atoms with Gasteiger partial charge in [0.2, 0.25) is 0 Å². The van der Waals surface area contributed by atoms with Gasteiger partial charge in [0.25, 0.3) is 0 Å². The number of aliphatic hydroxyl groups is 8. The Kier molecular flexibility index (Phi) is 21.1. The van der Waals surface area contributed by atoms with Crippen LogP contribution in [0.2, 0.25) is 0 Å². The van der Waals surface area contributed by atoms with Crippen LogP contribution in [-0.2, 0) is 0 Å². The van der Waals surface area contributed by atoms with Crippen molar-refractivity contribution in [3.8, 4) is 0 Å². The summed E-state index contributed by atoms with van der Waals surface area (Å²) in [6, 6.07) is 0. The van der Waals surface area contributed by atoms with Gasteiger partial charge >= 0.3 is 220 Å². The monoisotopic (exact) mass is 542 g/mol. The predicted octanol–water partition coefficient (Wildman–Crippen LogP) is 1.47. The summed E-state index contributed by atoms with van der Waals surface area (Å²) < 4.78 is 0. The fourth-order valence-electron chi connectivity index (χ4n) is 5.98. The Balaban J connectivity index is 6.37. The van der Waals surface area contributed by atoms with E-state index in [-0.39, 0.29) is 76.5 Å². The normalized spacial score (nSPS) is 16.9. The molecule has 0 spiro atoms. The summed E-state index contributed by atoms with van der Waals surface area (Å²) in [4.78, 5) is 0. The van der Waals surface area contributed by atoms with Gasteiger partial charge in [-0.15, -0.1) is 0 Å². The van der Waals surface area contributed by atoms with E-state index >= 15 is 0 Å². The van der Waals surface area contributed by atoms with Crippen molar-refractivity contribution in [2.24, 2.45) is 23.7 Å². The molecule has 4 unspecified atom stereocenters. The number of aliphatic hydroxyl groups excluding tert-OH is 8. The molecular weight excluding hydrogens is 483 g/mol. The Hall–Kier alpha value is 0.110. The van der Waals surface area contributed by atoms with E-state index in [9.17, 15) is 40.9 Å². The van der Waals surface area contributed by atoms with Crippen molar-refractivity contribution in [3.05, 3.63) is 0 Å². The van der Waals surface area contributed by atoms with E-state index in [2.05, 4.69) is 6.92 Å². The minimum absolute atomic E-state index is 0.0107. The summed E-state index contributed by atoms with van der Waals surface area (Å²) >= 11 is 0. The Morgan fingerprint density at radius 3 is 0.806 bits per heavy atom. The minimum atomic E-state index is -2.56. The first-order chi connectivity index (χ1) is 17.3. The average Bonchev–Trinajstić information content (AvgIpc) is 2.89. The summed E-state index contributed by atoms with van der Waals surface area (Å²) in [7, 11) is 0. The third-order valence-electron chi connectivity index (χ3n) is 8.72. The van der Waals surface area contributed by atoms with E-state index in [1.54, 1.807) is 0 Å². The molecule has 0 aromatic rings. The fraction of sp³-hybridized carbons (Fsp3) is 1.00. The molecule has 36 heavy (non-hydrogen) atoms. The molecule has 0 amide bonds. The molecule has 0 aliphatic heterocycles. The Morgan fingerprint density at radius 2 is 0.639 bits per heavy atom. The zero-order valence-electron chi connectivity index (χ0n) is 22.9. The Bertz CT molecular complexity index is 427. The second kappa shape index (κ2) is 21.0. The van der Waals surface area contributed by atoms with Gasteiger partial charge < -0.3 is 0 Å². The average molecular weight is 543 g/mol. The van der Waals surface area contributed by atoms with Crippen molar-refractivity contribution in [1.82, 2.24) is 0 Å². The third-order valence-corrected chi connectivity index (χ3v) is 16.5. The molecule has 0 bridgehead atoms. The Morgan fingerprint density at radius 1 is 0.389 bits per heavy atom. The van der Waals surface area contributed by atoms with Crippen LogP contribution in [0.4, 0.5) is 0 Å². The molecule has 8 nitrogen and oxygen atoms in total. The Labute approximate surface area is 219 Å². The van der Waals surface area contributed by atoms with Gasteiger partial charge in [0.05, 0.1) is 0 Å². The molecule has 0 aliphatic rings. The maximum atomic E-state index is 9.97. The summed E-state index contributed by atoms with van der Waals surface area (Å²) in [5.74, 6) is 0.0430. The zero-order chi connectivity index (χ0) is 27.3. The molecule has 0 saturated carbocycles. The van der Waals surface area contributed by atoms with Gasteiger partial charge in [-0.3, -0.25) is 0 Å². The van der Waals surface area contributed by atoms with Crippen molar-refractivity contribution in [1.29, 1.82) is 0 Å². The van der Waals surface area contributed by atoms with E-state index in [1.165, 1.54) is 0 Å². The van der Waals surface area contributed by atoms with E-state index in [0.29, 0.717) is 25.7 Å². The fourth-order valence-corrected chi connectivity index (χ4v) is 13.9. The van der Waals surface area contributed by atoms with Gasteiger partial charge in [-0.25, -0.2) is 0 Å². The van der Waals surface area contributed by atoms with Crippen LogP contribution in [0, 0.1) is 23.7 Å². The first kappa shape index (κ1) is 36.1. The van der Waals surface area contributed by atoms with Crippen LogP contribution in [0.3, 0.4) is 0 Å². The van der Waals surface area contributed by atoms with E-state index in [4.69, 9.17) is 0 Å². The molecule has 9 heteroatoms. The summed E-state index contributed by atoms with van der Waals surface area (Å²) in [5.41, 5.74) is 0. The molecule has 0 heterocycles. The maximum absolute atomic E-state index is 9.97. The first-order valence-electron chi connectivity index (χ1n) is 14.2. The molecule has 0 aromatic heterocycles. The molecular formula is C27H59O8P. The number of hydrogen-bond donors (Lipinski definition) is 8. The number of rotatable bonds is 26. The van der Waals surface area contributed by atoms with Crippen LogP contribution in [0.5, 0.6) is 0 Å². The molecule has 0 radical (unpaired) electrons. The molecule has 0 aliphatic carbocycles. The van der Waals surface area contributed by atoms with Crippen LogP contribution in [-0.4, -0.2) is 125 Å². The molecule has 8 N–H and O–H groups in total. The van der Waals surface area contributed by atoms with Gasteiger partial charge in [-0.05, 0) is 0 Å². The number of hydrogen-bond acceptors (Lipinski definition) is 8. The van der Waals surface area contributed by atoms with Gasteiger partial charge in [0.15, 0.2) is 0 Å². The third kappa shape index (κ3) is 13.3. The first-order valence-corrected chi connectivity index (χ1v) is 17.4. The zero-order valence-corrected chi connectivity index (χ0v) is 23.8. The molecule has 0 aromatic carbocycles. The molecule has 220 valence electrons. The van der Waals surface area contributed by atoms with Gasteiger partial charge in [-0.1, -0.05) is 0 Å². The molecule has 0 rings (SSSR count). The van der Waals surface area contributed by atoms with Crippen LogP contribution in [0.25, 0.3) is 0 Å². The SMILES string of the molecule is CCCP(CCC(CO)CCO)(CCC(CO)CCO)(CCC(CO)CCO)CCC(CO)CCO. The van der Waals surface area contributed by atoms with E-state index in [0.717, 1.165) is 62.9 Å². The summed E-state index contributed by atoms with van der Waals surface area (Å²) in [6.45, 7) is -0.148. The van der Waals surface area contributed by atoms with Gasteiger partial charge in [0.1, 0.15) is 0 Å². The second-order valence-corrected chi connectivity index (χ2v) is 18.0. The standard InChI is InChI=1S/C27H59O8P/c1-2-15-36(16-7-24(20-32)3-11-28,17-8-25(21-33)4-12-29,18-9-26(22-34)5-13-30)19-10-27(23-35)6-14-31/h24-35H,2-23H2,1H3. The van der Waals surface area contributed by atoms with E-state index < -0.39 is 6.60 Å². The summed E-state index contributed by atoms with van der Waals surface area (Å²) in [5, 5.41) is 77.9. The van der Waals surface area contributed by atoms with Crippen molar-refractivity contribution in [3.63, 3.8) is 0 Å². The molecule has 4 atom stereocenters. The van der Waals surface area contributed by atoms with Crippen molar-refractivity contribution >= 4 is 6.60 Å². The second-order valence-electron chi connectivity index (χ2n) is 11.3. The molecule has 0 saturated heterocycles. The predicted molar refractivity (Wildman–Crippen MR) is 149 cm³/mol. The van der Waals surface area contributed by atoms with Crippen molar-refractivity contribution in [2.45, 2.75) is 64.7 Å². The molecule has 0 fully saturated rings. The van der Waals surface area contributed by atoms with Gasteiger partial charge in [-0.2, -0.15) is 0 Å². The van der Waals surface area contributed by atoms with Gasteiger partial charge in [0, 0.05) is 0 Å². The van der Waals surface area contributed by atoms with Crippen LogP contribution in [0.1, 0.15) is 64.7 Å². The van der Waals surface area contributed by atoms with Crippen molar-refractivity contribution < 1.29 is 40.9 Å². The van der Waals surface area contributed by atoms with E-state index in [1.807, 2.05) is 0 Å². The summed E-state index contributed by atoms with van der Waals surface area (Å²) in [6.07, 6.45) is 11.2. The van der Waals surface area contributed by atoms with Crippen LogP contribution >= 0.6 is 6.60 Å². The van der Waals surface area contributed by atoms with Crippen LogP contribution in [0.15, 0.2) is 0 Å². The quantitative estimate of drug-likeness (QED) is 0.0762. The van der Waals surface area contributed by atoms with Crippen molar-refractivity contribution in [2.75, 3.05) is 83.7 Å². The van der Waals surface area contributed by atoms with Crippen LogP contribution < -0.4 is 0 Å². The topological polar surface area (TPSA) is 162 Å².